The molecule has 1 amide bonds. The summed E-state index contributed by atoms with van der Waals surface area (Å²) in [5.41, 5.74) is 0.501. The second-order valence-electron chi connectivity index (χ2n) is 8.81. The second-order valence-corrected chi connectivity index (χ2v) is 8.81. The van der Waals surface area contributed by atoms with Crippen molar-refractivity contribution < 1.29 is 19.1 Å². The quantitative estimate of drug-likeness (QED) is 0.637. The summed E-state index contributed by atoms with van der Waals surface area (Å²) >= 11 is 0. The molecule has 1 aromatic heterocycles. The van der Waals surface area contributed by atoms with E-state index in [9.17, 15) is 9.59 Å². The molecule has 3 fully saturated rings. The molecule has 1 aliphatic carbocycles. The number of nitrogens with zero attached hydrogens (tertiary/aromatic N) is 3. The van der Waals surface area contributed by atoms with Crippen LogP contribution in [0.2, 0.25) is 0 Å². The molecule has 164 valence electrons. The average molecular weight is 416 g/mol. The van der Waals surface area contributed by atoms with Crippen LogP contribution in [0.5, 0.6) is 0 Å². The summed E-state index contributed by atoms with van der Waals surface area (Å²) in [6.07, 6.45) is 8.24. The van der Waals surface area contributed by atoms with Crippen LogP contribution in [0.3, 0.4) is 0 Å². The van der Waals surface area contributed by atoms with E-state index >= 15 is 0 Å². The van der Waals surface area contributed by atoms with E-state index in [1.807, 2.05) is 24.0 Å². The van der Waals surface area contributed by atoms with Gasteiger partial charge in [0.05, 0.1) is 25.2 Å². The summed E-state index contributed by atoms with van der Waals surface area (Å²) in [4.78, 5) is 34.8. The SMILES string of the molecule is CCOC(=O)C1(CC2CC2)CCN(C(=O)[C@@H](c2cccnc2)N2CCOCC2)CC1. The third-order valence-electron chi connectivity index (χ3n) is 6.76. The van der Waals surface area contributed by atoms with Gasteiger partial charge in [-0.1, -0.05) is 18.9 Å². The van der Waals surface area contributed by atoms with Crippen molar-refractivity contribution in [2.45, 2.75) is 45.1 Å². The second kappa shape index (κ2) is 9.43. The van der Waals surface area contributed by atoms with Crippen LogP contribution in [0.4, 0.5) is 0 Å². The maximum atomic E-state index is 13.6. The number of rotatable bonds is 7. The Hall–Kier alpha value is -1.99. The van der Waals surface area contributed by atoms with Crippen LogP contribution in [0.15, 0.2) is 24.5 Å². The van der Waals surface area contributed by atoms with E-state index in [0.29, 0.717) is 51.7 Å². The third kappa shape index (κ3) is 4.67. The molecule has 0 bridgehead atoms. The topological polar surface area (TPSA) is 72.0 Å². The number of hydrogen-bond donors (Lipinski definition) is 0. The van der Waals surface area contributed by atoms with Gasteiger partial charge in [0.1, 0.15) is 6.04 Å². The zero-order valence-corrected chi connectivity index (χ0v) is 17.9. The average Bonchev–Trinajstić information content (AvgIpc) is 3.60. The molecule has 3 aliphatic rings. The molecule has 1 atom stereocenters. The largest absolute Gasteiger partial charge is 0.466 e. The number of likely N-dealkylation sites (tertiary alicyclic amines) is 1. The first-order chi connectivity index (χ1) is 14.6. The van der Waals surface area contributed by atoms with Crippen molar-refractivity contribution in [1.82, 2.24) is 14.8 Å². The molecular formula is C23H33N3O4. The van der Waals surface area contributed by atoms with Crippen molar-refractivity contribution in [2.75, 3.05) is 46.0 Å². The van der Waals surface area contributed by atoms with Crippen molar-refractivity contribution in [3.05, 3.63) is 30.1 Å². The van der Waals surface area contributed by atoms with E-state index in [1.54, 1.807) is 12.4 Å². The predicted molar refractivity (Wildman–Crippen MR) is 112 cm³/mol. The van der Waals surface area contributed by atoms with Crippen LogP contribution >= 0.6 is 0 Å². The highest BCUT2D eigenvalue weighted by atomic mass is 16.5. The number of esters is 1. The van der Waals surface area contributed by atoms with Gasteiger partial charge in [0, 0.05) is 38.6 Å². The Bertz CT molecular complexity index is 723. The third-order valence-corrected chi connectivity index (χ3v) is 6.76. The van der Waals surface area contributed by atoms with Gasteiger partial charge in [-0.2, -0.15) is 0 Å². The van der Waals surface area contributed by atoms with E-state index < -0.39 is 5.41 Å². The minimum absolute atomic E-state index is 0.0685. The Labute approximate surface area is 178 Å². The van der Waals surface area contributed by atoms with Crippen molar-refractivity contribution in [2.24, 2.45) is 11.3 Å². The molecule has 0 spiro atoms. The lowest BCUT2D eigenvalue weighted by Crippen LogP contribution is -2.52. The fourth-order valence-corrected chi connectivity index (χ4v) is 4.86. The first-order valence-electron chi connectivity index (χ1n) is 11.3. The number of morpholine rings is 1. The van der Waals surface area contributed by atoms with Gasteiger partial charge in [0.15, 0.2) is 0 Å². The van der Waals surface area contributed by atoms with Crippen LogP contribution in [0, 0.1) is 11.3 Å². The van der Waals surface area contributed by atoms with Crippen molar-refractivity contribution >= 4 is 11.9 Å². The highest BCUT2D eigenvalue weighted by Gasteiger charge is 2.47. The lowest BCUT2D eigenvalue weighted by atomic mass is 9.74. The molecule has 1 saturated carbocycles. The predicted octanol–water partition coefficient (Wildman–Crippen LogP) is 2.43. The van der Waals surface area contributed by atoms with Crippen molar-refractivity contribution in [3.8, 4) is 0 Å². The first-order valence-corrected chi connectivity index (χ1v) is 11.3. The molecule has 3 heterocycles. The standard InChI is InChI=1S/C23H33N3O4/c1-2-30-22(28)23(16-18-5-6-18)7-10-26(11-8-23)21(27)20(19-4-3-9-24-17-19)25-12-14-29-15-13-25/h3-4,9,17-18,20H,2,5-8,10-16H2,1H3/t20-/m1/s1. The Morgan fingerprint density at radius 1 is 1.23 bits per heavy atom. The van der Waals surface area contributed by atoms with E-state index in [4.69, 9.17) is 9.47 Å². The molecule has 30 heavy (non-hydrogen) atoms. The summed E-state index contributed by atoms with van der Waals surface area (Å²) in [5.74, 6) is 0.683. The van der Waals surface area contributed by atoms with E-state index in [0.717, 1.165) is 25.1 Å². The van der Waals surface area contributed by atoms with Gasteiger partial charge >= 0.3 is 5.97 Å². The molecule has 7 nitrogen and oxygen atoms in total. The highest BCUT2D eigenvalue weighted by Crippen LogP contribution is 2.46. The Kier molecular flexibility index (Phi) is 6.68. The number of aromatic nitrogens is 1. The molecule has 2 aliphatic heterocycles. The number of pyridine rings is 1. The number of amides is 1. The van der Waals surface area contributed by atoms with Gasteiger partial charge in [-0.25, -0.2) is 0 Å². The summed E-state index contributed by atoms with van der Waals surface area (Å²) in [6.45, 7) is 6.21. The first kappa shape index (κ1) is 21.2. The van der Waals surface area contributed by atoms with Gasteiger partial charge in [-0.05, 0) is 43.7 Å². The monoisotopic (exact) mass is 415 g/mol. The molecule has 4 rings (SSSR count). The number of carbonyl (C=O) groups excluding carboxylic acids is 2. The molecule has 0 aromatic carbocycles. The molecule has 1 aromatic rings. The molecular weight excluding hydrogens is 382 g/mol. The zero-order chi connectivity index (χ0) is 21.0. The van der Waals surface area contributed by atoms with Crippen LogP contribution in [-0.4, -0.2) is 72.7 Å². The lowest BCUT2D eigenvalue weighted by Gasteiger charge is -2.43. The van der Waals surface area contributed by atoms with Crippen molar-refractivity contribution in [1.29, 1.82) is 0 Å². The van der Waals surface area contributed by atoms with Gasteiger partial charge < -0.3 is 14.4 Å². The zero-order valence-electron chi connectivity index (χ0n) is 17.9. The van der Waals surface area contributed by atoms with E-state index in [2.05, 4.69) is 9.88 Å². The van der Waals surface area contributed by atoms with Crippen LogP contribution < -0.4 is 0 Å². The van der Waals surface area contributed by atoms with Crippen LogP contribution in [-0.2, 0) is 19.1 Å². The Morgan fingerprint density at radius 3 is 2.57 bits per heavy atom. The highest BCUT2D eigenvalue weighted by molar-refractivity contribution is 5.84. The fourth-order valence-electron chi connectivity index (χ4n) is 4.86. The smallest absolute Gasteiger partial charge is 0.312 e. The number of ether oxygens (including phenoxy) is 2. The summed E-state index contributed by atoms with van der Waals surface area (Å²) in [6, 6.07) is 3.51. The molecule has 7 heteroatoms. The van der Waals surface area contributed by atoms with Gasteiger partial charge in [-0.3, -0.25) is 19.5 Å². The molecule has 0 radical (unpaired) electrons. The van der Waals surface area contributed by atoms with Crippen molar-refractivity contribution in [3.63, 3.8) is 0 Å². The minimum atomic E-state index is -0.420. The lowest BCUT2D eigenvalue weighted by molar-refractivity contribution is -0.162. The normalized spacial score (nSPS) is 23.0. The molecule has 0 N–H and O–H groups in total. The van der Waals surface area contributed by atoms with Crippen LogP contribution in [0.25, 0.3) is 0 Å². The van der Waals surface area contributed by atoms with E-state index in [1.165, 1.54) is 12.8 Å². The fraction of sp³-hybridized carbons (Fsp3) is 0.696. The summed E-state index contributed by atoms with van der Waals surface area (Å²) < 4.78 is 10.9. The van der Waals surface area contributed by atoms with Gasteiger partial charge in [-0.15, -0.1) is 0 Å². The maximum Gasteiger partial charge on any atom is 0.312 e. The minimum Gasteiger partial charge on any atom is -0.466 e. The summed E-state index contributed by atoms with van der Waals surface area (Å²) in [7, 11) is 0. The number of piperidine rings is 1. The molecule has 0 unspecified atom stereocenters. The summed E-state index contributed by atoms with van der Waals surface area (Å²) in [5, 5.41) is 0. The van der Waals surface area contributed by atoms with E-state index in [-0.39, 0.29) is 17.9 Å². The Balaban J connectivity index is 1.48. The van der Waals surface area contributed by atoms with Gasteiger partial charge in [0.2, 0.25) is 5.91 Å². The maximum absolute atomic E-state index is 13.6. The van der Waals surface area contributed by atoms with Gasteiger partial charge in [0.25, 0.3) is 0 Å². The number of hydrogen-bond acceptors (Lipinski definition) is 6. The Morgan fingerprint density at radius 2 is 1.97 bits per heavy atom. The number of carbonyl (C=O) groups is 2. The van der Waals surface area contributed by atoms with Crippen LogP contribution in [0.1, 0.15) is 50.6 Å². The molecule has 2 saturated heterocycles.